The van der Waals surface area contributed by atoms with Gasteiger partial charge in [0, 0.05) is 10.4 Å². The summed E-state index contributed by atoms with van der Waals surface area (Å²) in [5.41, 5.74) is 8.46. The van der Waals surface area contributed by atoms with Gasteiger partial charge >= 0.3 is 0 Å². The summed E-state index contributed by atoms with van der Waals surface area (Å²) in [5, 5.41) is 0. The van der Waals surface area contributed by atoms with Crippen LogP contribution in [-0.2, 0) is 6.42 Å². The first-order valence-electron chi connectivity index (χ1n) is 6.83. The molecule has 1 aromatic carbocycles. The van der Waals surface area contributed by atoms with E-state index in [0.29, 0.717) is 5.92 Å². The average Bonchev–Trinajstić information content (AvgIpc) is 2.41. The Morgan fingerprint density at radius 1 is 1.33 bits per heavy atom. The minimum Gasteiger partial charge on any atom is -0.387 e. The van der Waals surface area contributed by atoms with Crippen LogP contribution in [0.3, 0.4) is 0 Å². The molecule has 0 spiro atoms. The predicted molar refractivity (Wildman–Crippen MR) is 81.4 cm³/mol. The van der Waals surface area contributed by atoms with Gasteiger partial charge in [0.2, 0.25) is 0 Å². The molecule has 98 valence electrons. The van der Waals surface area contributed by atoms with E-state index in [1.807, 2.05) is 6.07 Å². The van der Waals surface area contributed by atoms with E-state index in [0.717, 1.165) is 22.4 Å². The summed E-state index contributed by atoms with van der Waals surface area (Å²) in [6, 6.07) is 6.22. The molecule has 0 amide bonds. The highest BCUT2D eigenvalue weighted by atomic mass is 79.9. The topological polar surface area (TPSA) is 38.4 Å². The Hall–Kier alpha value is -0.830. The summed E-state index contributed by atoms with van der Waals surface area (Å²) in [4.78, 5) is 4.67. The summed E-state index contributed by atoms with van der Waals surface area (Å²) < 4.78 is 1.11. The van der Waals surface area contributed by atoms with Crippen LogP contribution in [0.4, 0.5) is 5.69 Å². The van der Waals surface area contributed by atoms with Crippen LogP contribution >= 0.6 is 15.9 Å². The van der Waals surface area contributed by atoms with Gasteiger partial charge in [-0.25, -0.2) is 4.99 Å². The molecule has 2 rings (SSSR count). The number of halogens is 1. The van der Waals surface area contributed by atoms with Crippen molar-refractivity contribution < 1.29 is 0 Å². The number of hydrogen-bond acceptors (Lipinski definition) is 1. The average molecular weight is 309 g/mol. The van der Waals surface area contributed by atoms with Gasteiger partial charge in [0.05, 0.1) is 5.69 Å². The Kier molecular flexibility index (Phi) is 4.81. The summed E-state index contributed by atoms with van der Waals surface area (Å²) in [6.07, 6.45) is 7.32. The molecule has 1 saturated carbocycles. The van der Waals surface area contributed by atoms with Crippen molar-refractivity contribution in [3.63, 3.8) is 0 Å². The Bertz CT molecular complexity index is 434. The lowest BCUT2D eigenvalue weighted by atomic mass is 9.88. The zero-order valence-electron chi connectivity index (χ0n) is 11.0. The molecule has 18 heavy (non-hydrogen) atoms. The molecule has 1 aromatic rings. The molecule has 0 atom stereocenters. The van der Waals surface area contributed by atoms with Crippen molar-refractivity contribution in [2.45, 2.75) is 45.4 Å². The third kappa shape index (κ3) is 3.35. The van der Waals surface area contributed by atoms with Gasteiger partial charge in [-0.2, -0.15) is 0 Å². The van der Waals surface area contributed by atoms with Gasteiger partial charge < -0.3 is 5.73 Å². The second-order valence-electron chi connectivity index (χ2n) is 5.00. The van der Waals surface area contributed by atoms with Gasteiger partial charge in [-0.05, 0) is 43.0 Å². The first-order chi connectivity index (χ1) is 8.70. The highest BCUT2D eigenvalue weighted by Crippen LogP contribution is 2.28. The highest BCUT2D eigenvalue weighted by Gasteiger charge is 2.17. The van der Waals surface area contributed by atoms with Crippen LogP contribution in [0.15, 0.2) is 27.7 Å². The Balaban J connectivity index is 2.20. The van der Waals surface area contributed by atoms with E-state index in [2.05, 4.69) is 40.0 Å². The van der Waals surface area contributed by atoms with Crippen molar-refractivity contribution in [3.05, 3.63) is 28.2 Å². The minimum atomic E-state index is 0.493. The normalized spacial score (nSPS) is 18.0. The molecule has 1 aliphatic rings. The molecule has 1 fully saturated rings. The largest absolute Gasteiger partial charge is 0.387 e. The molecule has 2 N–H and O–H groups in total. The van der Waals surface area contributed by atoms with E-state index >= 15 is 0 Å². The second kappa shape index (κ2) is 6.37. The predicted octanol–water partition coefficient (Wildman–Crippen LogP) is 4.58. The maximum absolute atomic E-state index is 6.18. The minimum absolute atomic E-state index is 0.493. The quantitative estimate of drug-likeness (QED) is 0.644. The second-order valence-corrected chi connectivity index (χ2v) is 5.91. The van der Waals surface area contributed by atoms with Gasteiger partial charge in [0.25, 0.3) is 0 Å². The number of rotatable bonds is 3. The number of aliphatic imine (C=N–C) groups is 1. The van der Waals surface area contributed by atoms with Gasteiger partial charge in [0.1, 0.15) is 5.84 Å². The smallest absolute Gasteiger partial charge is 0.103 e. The van der Waals surface area contributed by atoms with Gasteiger partial charge in [0.15, 0.2) is 0 Å². The summed E-state index contributed by atoms with van der Waals surface area (Å²) >= 11 is 3.50. The molecule has 0 saturated heterocycles. The molecular formula is C15H21BrN2. The van der Waals surface area contributed by atoms with E-state index in [1.54, 1.807) is 0 Å². The van der Waals surface area contributed by atoms with E-state index in [1.165, 1.54) is 37.7 Å². The van der Waals surface area contributed by atoms with Crippen LogP contribution in [0.5, 0.6) is 0 Å². The van der Waals surface area contributed by atoms with Crippen LogP contribution < -0.4 is 5.73 Å². The third-order valence-corrected chi connectivity index (χ3v) is 4.19. The van der Waals surface area contributed by atoms with E-state index < -0.39 is 0 Å². The molecule has 2 nitrogen and oxygen atoms in total. The fourth-order valence-corrected chi connectivity index (χ4v) is 2.98. The maximum Gasteiger partial charge on any atom is 0.103 e. The molecule has 0 heterocycles. The van der Waals surface area contributed by atoms with E-state index in [-0.39, 0.29) is 0 Å². The van der Waals surface area contributed by atoms with Crippen molar-refractivity contribution in [2.24, 2.45) is 16.6 Å². The Morgan fingerprint density at radius 3 is 2.72 bits per heavy atom. The maximum atomic E-state index is 6.18. The fourth-order valence-electron chi connectivity index (χ4n) is 2.58. The first kappa shape index (κ1) is 13.6. The number of nitrogens with zero attached hydrogens (tertiary/aromatic N) is 1. The van der Waals surface area contributed by atoms with Crippen molar-refractivity contribution in [3.8, 4) is 0 Å². The SMILES string of the molecule is CCc1cc(Br)ccc1N=C(N)C1CCCCC1. The molecule has 0 aromatic heterocycles. The van der Waals surface area contributed by atoms with Crippen molar-refractivity contribution in [1.82, 2.24) is 0 Å². The number of benzene rings is 1. The number of nitrogens with two attached hydrogens (primary N) is 1. The fraction of sp³-hybridized carbons (Fsp3) is 0.533. The van der Waals surface area contributed by atoms with Crippen LogP contribution in [0, 0.1) is 5.92 Å². The van der Waals surface area contributed by atoms with Gasteiger partial charge in [-0.3, -0.25) is 0 Å². The zero-order chi connectivity index (χ0) is 13.0. The summed E-state index contributed by atoms with van der Waals surface area (Å²) in [6.45, 7) is 2.15. The molecular weight excluding hydrogens is 288 g/mol. The van der Waals surface area contributed by atoms with Gasteiger partial charge in [-0.1, -0.05) is 42.1 Å². The molecule has 0 aliphatic heterocycles. The molecule has 1 aliphatic carbocycles. The highest BCUT2D eigenvalue weighted by molar-refractivity contribution is 9.10. The van der Waals surface area contributed by atoms with E-state index in [4.69, 9.17) is 5.73 Å². The van der Waals surface area contributed by atoms with E-state index in [9.17, 15) is 0 Å². The number of aryl methyl sites for hydroxylation is 1. The third-order valence-electron chi connectivity index (χ3n) is 3.70. The van der Waals surface area contributed by atoms with Crippen LogP contribution in [0.2, 0.25) is 0 Å². The van der Waals surface area contributed by atoms with Crippen LogP contribution in [0.25, 0.3) is 0 Å². The van der Waals surface area contributed by atoms with Crippen molar-refractivity contribution >= 4 is 27.5 Å². The van der Waals surface area contributed by atoms with Crippen LogP contribution in [-0.4, -0.2) is 5.84 Å². The summed E-state index contributed by atoms with van der Waals surface area (Å²) in [7, 11) is 0. The number of hydrogen-bond donors (Lipinski definition) is 1. The zero-order valence-corrected chi connectivity index (χ0v) is 12.5. The molecule has 0 bridgehead atoms. The standard InChI is InChI=1S/C15H21BrN2/c1-2-11-10-13(16)8-9-14(11)18-15(17)12-6-4-3-5-7-12/h8-10,12H,2-7H2,1H3,(H2,17,18). The first-order valence-corrected chi connectivity index (χ1v) is 7.62. The summed E-state index contributed by atoms with van der Waals surface area (Å²) in [5.74, 6) is 1.32. The number of amidine groups is 1. The lowest BCUT2D eigenvalue weighted by Gasteiger charge is -2.21. The monoisotopic (exact) mass is 308 g/mol. The lowest BCUT2D eigenvalue weighted by molar-refractivity contribution is 0.437. The Labute approximate surface area is 118 Å². The Morgan fingerprint density at radius 2 is 2.06 bits per heavy atom. The molecule has 3 heteroatoms. The van der Waals surface area contributed by atoms with Crippen molar-refractivity contribution in [2.75, 3.05) is 0 Å². The van der Waals surface area contributed by atoms with Gasteiger partial charge in [-0.15, -0.1) is 0 Å². The van der Waals surface area contributed by atoms with Crippen molar-refractivity contribution in [1.29, 1.82) is 0 Å². The van der Waals surface area contributed by atoms with Crippen LogP contribution in [0.1, 0.15) is 44.6 Å². The molecule has 0 radical (unpaired) electrons. The molecule has 0 unspecified atom stereocenters. The lowest BCUT2D eigenvalue weighted by Crippen LogP contribution is -2.25.